The van der Waals surface area contributed by atoms with Gasteiger partial charge in [0.05, 0.1) is 5.69 Å². The van der Waals surface area contributed by atoms with Gasteiger partial charge < -0.3 is 10.2 Å². The summed E-state index contributed by atoms with van der Waals surface area (Å²) in [7, 11) is 0. The molecule has 1 saturated heterocycles. The van der Waals surface area contributed by atoms with Gasteiger partial charge in [-0.15, -0.1) is 5.10 Å². The lowest BCUT2D eigenvalue weighted by atomic mass is 10.1. The molecule has 1 aromatic heterocycles. The second kappa shape index (κ2) is 4.92. The fourth-order valence-electron chi connectivity index (χ4n) is 2.73. The van der Waals surface area contributed by atoms with Gasteiger partial charge >= 0.3 is 0 Å². The van der Waals surface area contributed by atoms with Crippen LogP contribution in [0.5, 0.6) is 0 Å². The van der Waals surface area contributed by atoms with Crippen molar-refractivity contribution in [2.75, 3.05) is 13.1 Å². The van der Waals surface area contributed by atoms with Crippen molar-refractivity contribution in [1.82, 2.24) is 25.2 Å². The summed E-state index contributed by atoms with van der Waals surface area (Å²) < 4.78 is 1.67. The van der Waals surface area contributed by atoms with Crippen molar-refractivity contribution in [2.24, 2.45) is 0 Å². The van der Waals surface area contributed by atoms with Crippen LogP contribution in [0.25, 0.3) is 0 Å². The normalized spacial score (nSPS) is 27.6. The standard InChI is InChI=1S/C13H21N5O/c1-9-5-17(6-10(2)14-9)13(19)8-18-7-12(15-16-18)11-3-4-11/h7,9-11,14H,3-6,8H2,1-2H3/t9-,10-/m0/s1. The highest BCUT2D eigenvalue weighted by Crippen LogP contribution is 2.38. The van der Waals surface area contributed by atoms with Crippen LogP contribution < -0.4 is 5.32 Å². The molecule has 19 heavy (non-hydrogen) atoms. The van der Waals surface area contributed by atoms with Crippen molar-refractivity contribution in [3.8, 4) is 0 Å². The van der Waals surface area contributed by atoms with E-state index in [0.29, 0.717) is 24.5 Å². The second-order valence-electron chi connectivity index (χ2n) is 5.88. The molecule has 1 amide bonds. The Balaban J connectivity index is 1.60. The summed E-state index contributed by atoms with van der Waals surface area (Å²) in [6.45, 7) is 6.06. The fraction of sp³-hybridized carbons (Fsp3) is 0.769. The summed E-state index contributed by atoms with van der Waals surface area (Å²) in [6.07, 6.45) is 4.34. The van der Waals surface area contributed by atoms with E-state index >= 15 is 0 Å². The number of carbonyl (C=O) groups excluding carboxylic acids is 1. The van der Waals surface area contributed by atoms with Crippen molar-refractivity contribution in [3.05, 3.63) is 11.9 Å². The fourth-order valence-corrected chi connectivity index (χ4v) is 2.73. The van der Waals surface area contributed by atoms with Crippen LogP contribution in [-0.4, -0.2) is 51.0 Å². The Morgan fingerprint density at radius 3 is 2.68 bits per heavy atom. The number of hydrogen-bond donors (Lipinski definition) is 1. The average Bonchev–Trinajstić information content (AvgIpc) is 3.09. The number of nitrogens with one attached hydrogen (secondary N) is 1. The zero-order chi connectivity index (χ0) is 13.4. The molecule has 0 spiro atoms. The highest BCUT2D eigenvalue weighted by atomic mass is 16.2. The first-order valence-electron chi connectivity index (χ1n) is 7.05. The van der Waals surface area contributed by atoms with Gasteiger partial charge in [-0.25, -0.2) is 4.68 Å². The van der Waals surface area contributed by atoms with Crippen LogP contribution in [0.15, 0.2) is 6.20 Å². The third-order valence-electron chi connectivity index (χ3n) is 3.76. The molecule has 0 radical (unpaired) electrons. The maximum atomic E-state index is 12.3. The number of amides is 1. The van der Waals surface area contributed by atoms with E-state index in [-0.39, 0.29) is 5.91 Å². The van der Waals surface area contributed by atoms with Crippen LogP contribution in [-0.2, 0) is 11.3 Å². The Bertz CT molecular complexity index is 457. The highest BCUT2D eigenvalue weighted by molar-refractivity contribution is 5.76. The maximum Gasteiger partial charge on any atom is 0.244 e. The predicted molar refractivity (Wildman–Crippen MR) is 70.6 cm³/mol. The van der Waals surface area contributed by atoms with Crippen LogP contribution in [0.3, 0.4) is 0 Å². The Morgan fingerprint density at radius 1 is 1.37 bits per heavy atom. The number of piperazine rings is 1. The molecule has 6 nitrogen and oxygen atoms in total. The molecule has 0 bridgehead atoms. The largest absolute Gasteiger partial charge is 0.338 e. The number of aromatic nitrogens is 3. The first kappa shape index (κ1) is 12.6. The zero-order valence-electron chi connectivity index (χ0n) is 11.5. The van der Waals surface area contributed by atoms with Crippen LogP contribution in [0.4, 0.5) is 0 Å². The molecule has 1 aromatic rings. The Morgan fingerprint density at radius 2 is 2.05 bits per heavy atom. The van der Waals surface area contributed by atoms with Crippen LogP contribution in [0, 0.1) is 0 Å². The monoisotopic (exact) mass is 263 g/mol. The smallest absolute Gasteiger partial charge is 0.244 e. The van der Waals surface area contributed by atoms with Crippen molar-refractivity contribution in [2.45, 2.75) is 51.2 Å². The second-order valence-corrected chi connectivity index (χ2v) is 5.88. The molecule has 0 unspecified atom stereocenters. The topological polar surface area (TPSA) is 63.1 Å². The molecule has 1 saturated carbocycles. The van der Waals surface area contributed by atoms with Crippen LogP contribution in [0.2, 0.25) is 0 Å². The van der Waals surface area contributed by atoms with E-state index in [1.54, 1.807) is 4.68 Å². The molecule has 1 aliphatic heterocycles. The molecule has 6 heteroatoms. The molecule has 2 atom stereocenters. The molecule has 1 aliphatic carbocycles. The molecule has 1 N–H and O–H groups in total. The van der Waals surface area contributed by atoms with Crippen molar-refractivity contribution < 1.29 is 4.79 Å². The van der Waals surface area contributed by atoms with Crippen LogP contribution >= 0.6 is 0 Å². The molecule has 0 aromatic carbocycles. The molecule has 2 heterocycles. The number of carbonyl (C=O) groups is 1. The minimum Gasteiger partial charge on any atom is -0.338 e. The van der Waals surface area contributed by atoms with Crippen molar-refractivity contribution in [1.29, 1.82) is 0 Å². The van der Waals surface area contributed by atoms with Gasteiger partial charge in [-0.1, -0.05) is 5.21 Å². The molecular weight excluding hydrogens is 242 g/mol. The highest BCUT2D eigenvalue weighted by Gasteiger charge is 2.28. The summed E-state index contributed by atoms with van der Waals surface area (Å²) in [5.41, 5.74) is 1.04. The van der Waals surface area contributed by atoms with E-state index in [4.69, 9.17) is 0 Å². The molecule has 2 fully saturated rings. The first-order chi connectivity index (χ1) is 9.11. The van der Waals surface area contributed by atoms with Gasteiger partial charge in [0.25, 0.3) is 0 Å². The Labute approximate surface area is 113 Å². The average molecular weight is 263 g/mol. The quantitative estimate of drug-likeness (QED) is 0.855. The van der Waals surface area contributed by atoms with Crippen molar-refractivity contribution in [3.63, 3.8) is 0 Å². The lowest BCUT2D eigenvalue weighted by Gasteiger charge is -2.36. The Kier molecular flexibility index (Phi) is 3.26. The van der Waals surface area contributed by atoms with E-state index in [1.807, 2.05) is 11.1 Å². The molecule has 104 valence electrons. The van der Waals surface area contributed by atoms with Gasteiger partial charge in [0.2, 0.25) is 5.91 Å². The van der Waals surface area contributed by atoms with E-state index < -0.39 is 0 Å². The van der Waals surface area contributed by atoms with E-state index in [0.717, 1.165) is 18.8 Å². The number of nitrogens with zero attached hydrogens (tertiary/aromatic N) is 4. The van der Waals surface area contributed by atoms with Crippen LogP contribution in [0.1, 0.15) is 38.3 Å². The van der Waals surface area contributed by atoms with Gasteiger partial charge in [0.1, 0.15) is 6.54 Å². The number of rotatable bonds is 3. The van der Waals surface area contributed by atoms with Gasteiger partial charge in [0.15, 0.2) is 0 Å². The van der Waals surface area contributed by atoms with E-state index in [9.17, 15) is 4.79 Å². The molecular formula is C13H21N5O. The summed E-state index contributed by atoms with van der Waals surface area (Å²) in [5, 5.41) is 11.6. The third-order valence-corrected chi connectivity index (χ3v) is 3.76. The molecule has 3 rings (SSSR count). The minimum absolute atomic E-state index is 0.132. The minimum atomic E-state index is 0.132. The summed E-state index contributed by atoms with van der Waals surface area (Å²) in [5.74, 6) is 0.718. The zero-order valence-corrected chi connectivity index (χ0v) is 11.5. The summed E-state index contributed by atoms with van der Waals surface area (Å²) in [4.78, 5) is 14.2. The third kappa shape index (κ3) is 2.94. The molecule has 2 aliphatic rings. The summed E-state index contributed by atoms with van der Waals surface area (Å²) >= 11 is 0. The number of hydrogen-bond acceptors (Lipinski definition) is 4. The maximum absolute atomic E-state index is 12.3. The first-order valence-corrected chi connectivity index (χ1v) is 7.05. The van der Waals surface area contributed by atoms with E-state index in [2.05, 4.69) is 29.5 Å². The Hall–Kier alpha value is -1.43. The lowest BCUT2D eigenvalue weighted by Crippen LogP contribution is -2.56. The SMILES string of the molecule is C[C@H]1CN(C(=O)Cn2cc(C3CC3)nn2)C[C@H](C)N1. The van der Waals surface area contributed by atoms with E-state index in [1.165, 1.54) is 12.8 Å². The van der Waals surface area contributed by atoms with Gasteiger partial charge in [-0.05, 0) is 26.7 Å². The van der Waals surface area contributed by atoms with Gasteiger partial charge in [0, 0.05) is 37.3 Å². The predicted octanol–water partition coefficient (Wildman–Crippen LogP) is 0.364. The van der Waals surface area contributed by atoms with Crippen molar-refractivity contribution >= 4 is 5.91 Å². The van der Waals surface area contributed by atoms with Gasteiger partial charge in [-0.2, -0.15) is 0 Å². The lowest BCUT2D eigenvalue weighted by molar-refractivity contribution is -0.133. The summed E-state index contributed by atoms with van der Waals surface area (Å²) in [6, 6.07) is 0.705. The van der Waals surface area contributed by atoms with Gasteiger partial charge in [-0.3, -0.25) is 4.79 Å².